The molecule has 6 heteroatoms. The Kier molecular flexibility index (Phi) is 4.97. The zero-order valence-corrected chi connectivity index (χ0v) is 14.1. The van der Waals surface area contributed by atoms with Gasteiger partial charge in [0.1, 0.15) is 6.20 Å². The molecule has 0 aliphatic rings. The summed E-state index contributed by atoms with van der Waals surface area (Å²) in [5, 5.41) is 11.0. The first-order valence-corrected chi connectivity index (χ1v) is 7.61. The van der Waals surface area contributed by atoms with Gasteiger partial charge >= 0.3 is 5.82 Å². The first-order valence-electron chi connectivity index (χ1n) is 7.61. The maximum atomic E-state index is 12.5. The van der Waals surface area contributed by atoms with E-state index in [1.807, 2.05) is 12.1 Å². The van der Waals surface area contributed by atoms with Gasteiger partial charge in [-0.2, -0.15) is 0 Å². The lowest BCUT2D eigenvalue weighted by atomic mass is 9.86. The number of carbonyl (C=O) groups is 1. The molecule has 1 heterocycles. The zero-order valence-electron chi connectivity index (χ0n) is 14.1. The molecule has 1 aromatic carbocycles. The van der Waals surface area contributed by atoms with Crippen LogP contribution in [-0.2, 0) is 5.41 Å². The maximum Gasteiger partial charge on any atom is 0.406 e. The molecule has 6 nitrogen and oxygen atoms in total. The monoisotopic (exact) mass is 328 g/mol. The van der Waals surface area contributed by atoms with Gasteiger partial charge in [0.25, 0.3) is 0 Å². The quantitative estimate of drug-likeness (QED) is 0.472. The third-order valence-corrected chi connectivity index (χ3v) is 3.63. The minimum Gasteiger partial charge on any atom is -0.474 e. The third kappa shape index (κ3) is 3.95. The third-order valence-electron chi connectivity index (χ3n) is 3.63. The lowest BCUT2D eigenvalue weighted by Gasteiger charge is -2.19. The summed E-state index contributed by atoms with van der Waals surface area (Å²) in [6.07, 6.45) is 0.455. The second kappa shape index (κ2) is 6.78. The van der Waals surface area contributed by atoms with Crippen molar-refractivity contribution >= 4 is 11.6 Å². The number of Topliss-reactive ketones (excluding diaryl/α,β-unsaturated/α-hetero) is 1. The molecule has 2 aromatic rings. The minimum absolute atomic E-state index is 0.0000137. The molecule has 2 rings (SSSR count). The number of rotatable bonds is 5. The second-order valence-corrected chi connectivity index (χ2v) is 6.53. The van der Waals surface area contributed by atoms with Gasteiger partial charge in [0.15, 0.2) is 6.10 Å². The molecule has 0 spiro atoms. The van der Waals surface area contributed by atoms with E-state index in [4.69, 9.17) is 4.74 Å². The molecule has 0 aliphatic carbocycles. The molecule has 1 atom stereocenters. The van der Waals surface area contributed by atoms with Gasteiger partial charge in [0, 0.05) is 5.56 Å². The summed E-state index contributed by atoms with van der Waals surface area (Å²) >= 11 is 0. The molecule has 0 radical (unpaired) electrons. The first kappa shape index (κ1) is 17.6. The number of nitro groups is 1. The van der Waals surface area contributed by atoms with Crippen LogP contribution in [0, 0.1) is 10.1 Å². The van der Waals surface area contributed by atoms with Crippen LogP contribution in [0.15, 0.2) is 42.6 Å². The number of ketones is 1. The Morgan fingerprint density at radius 1 is 1.21 bits per heavy atom. The van der Waals surface area contributed by atoms with E-state index in [2.05, 4.69) is 25.8 Å². The summed E-state index contributed by atoms with van der Waals surface area (Å²) in [5.74, 6) is -0.663. The van der Waals surface area contributed by atoms with Crippen molar-refractivity contribution in [1.82, 2.24) is 4.98 Å². The van der Waals surface area contributed by atoms with Gasteiger partial charge in [-0.05, 0) is 39.9 Å². The van der Waals surface area contributed by atoms with Crippen molar-refractivity contribution in [3.63, 3.8) is 0 Å². The van der Waals surface area contributed by atoms with E-state index in [-0.39, 0.29) is 16.9 Å². The van der Waals surface area contributed by atoms with E-state index in [1.54, 1.807) is 19.1 Å². The highest BCUT2D eigenvalue weighted by Crippen LogP contribution is 2.26. The van der Waals surface area contributed by atoms with E-state index in [1.165, 1.54) is 18.3 Å². The molecule has 1 unspecified atom stereocenters. The number of hydrogen-bond donors (Lipinski definition) is 0. The van der Waals surface area contributed by atoms with Crippen LogP contribution in [-0.4, -0.2) is 21.8 Å². The molecule has 0 saturated heterocycles. The fourth-order valence-corrected chi connectivity index (χ4v) is 2.22. The fraction of sp³-hybridized carbons (Fsp3) is 0.333. The Morgan fingerprint density at radius 3 is 2.38 bits per heavy atom. The topological polar surface area (TPSA) is 82.3 Å². The number of aromatic nitrogens is 1. The Morgan fingerprint density at radius 2 is 1.83 bits per heavy atom. The molecule has 126 valence electrons. The van der Waals surface area contributed by atoms with Crippen LogP contribution >= 0.6 is 0 Å². The molecule has 24 heavy (non-hydrogen) atoms. The standard InChI is InChI=1S/C18H20N2O4/c1-12(24-15-6-5-11-19-17(15)20(22)23)16(21)13-7-9-14(10-8-13)18(2,3)4/h5-12H,1-4H3. The van der Waals surface area contributed by atoms with Crippen LogP contribution in [0.1, 0.15) is 43.6 Å². The highest BCUT2D eigenvalue weighted by Gasteiger charge is 2.23. The fourth-order valence-electron chi connectivity index (χ4n) is 2.22. The predicted octanol–water partition coefficient (Wildman–Crippen LogP) is 3.94. The van der Waals surface area contributed by atoms with E-state index in [9.17, 15) is 14.9 Å². The largest absolute Gasteiger partial charge is 0.474 e. The summed E-state index contributed by atoms with van der Waals surface area (Å²) in [5.41, 5.74) is 1.62. The summed E-state index contributed by atoms with van der Waals surface area (Å²) in [7, 11) is 0. The minimum atomic E-state index is -0.853. The molecular formula is C18H20N2O4. The van der Waals surface area contributed by atoms with Crippen LogP contribution in [0.2, 0.25) is 0 Å². The maximum absolute atomic E-state index is 12.5. The van der Waals surface area contributed by atoms with Gasteiger partial charge in [-0.1, -0.05) is 45.0 Å². The molecule has 0 fully saturated rings. The number of benzene rings is 1. The van der Waals surface area contributed by atoms with Gasteiger partial charge in [0.05, 0.1) is 0 Å². The Balaban J connectivity index is 2.17. The van der Waals surface area contributed by atoms with Crippen LogP contribution in [0.3, 0.4) is 0 Å². The SMILES string of the molecule is CC(Oc1cccnc1[N+](=O)[O-])C(=O)c1ccc(C(C)(C)C)cc1. The van der Waals surface area contributed by atoms with E-state index >= 15 is 0 Å². The van der Waals surface area contributed by atoms with Crippen molar-refractivity contribution in [2.45, 2.75) is 39.2 Å². The van der Waals surface area contributed by atoms with Gasteiger partial charge < -0.3 is 14.9 Å². The van der Waals surface area contributed by atoms with Crippen molar-refractivity contribution in [2.24, 2.45) is 0 Å². The van der Waals surface area contributed by atoms with Gasteiger partial charge in [-0.25, -0.2) is 0 Å². The van der Waals surface area contributed by atoms with Crippen molar-refractivity contribution in [3.05, 3.63) is 63.8 Å². The summed E-state index contributed by atoms with van der Waals surface area (Å²) in [6, 6.07) is 10.3. The molecule has 0 amide bonds. The predicted molar refractivity (Wildman–Crippen MR) is 90.5 cm³/mol. The normalized spacial score (nSPS) is 12.5. The van der Waals surface area contributed by atoms with Crippen molar-refractivity contribution in [1.29, 1.82) is 0 Å². The van der Waals surface area contributed by atoms with Crippen molar-refractivity contribution < 1.29 is 14.5 Å². The van der Waals surface area contributed by atoms with Crippen molar-refractivity contribution in [3.8, 4) is 5.75 Å². The van der Waals surface area contributed by atoms with Crippen LogP contribution < -0.4 is 4.74 Å². The van der Waals surface area contributed by atoms with Gasteiger partial charge in [0.2, 0.25) is 11.5 Å². The highest BCUT2D eigenvalue weighted by atomic mass is 16.6. The Labute approximate surface area is 140 Å². The van der Waals surface area contributed by atoms with E-state index in [0.717, 1.165) is 5.56 Å². The van der Waals surface area contributed by atoms with E-state index in [0.29, 0.717) is 5.56 Å². The number of ether oxygens (including phenoxy) is 1. The van der Waals surface area contributed by atoms with Gasteiger partial charge in [-0.15, -0.1) is 0 Å². The van der Waals surface area contributed by atoms with Crippen LogP contribution in [0.25, 0.3) is 0 Å². The lowest BCUT2D eigenvalue weighted by molar-refractivity contribution is -0.390. The lowest BCUT2D eigenvalue weighted by Crippen LogP contribution is -2.24. The Hall–Kier alpha value is -2.76. The smallest absolute Gasteiger partial charge is 0.406 e. The van der Waals surface area contributed by atoms with Crippen molar-refractivity contribution in [2.75, 3.05) is 0 Å². The number of carbonyl (C=O) groups excluding carboxylic acids is 1. The zero-order chi connectivity index (χ0) is 17.9. The molecule has 0 N–H and O–H groups in total. The van der Waals surface area contributed by atoms with Crippen LogP contribution in [0.5, 0.6) is 5.75 Å². The second-order valence-electron chi connectivity index (χ2n) is 6.53. The average Bonchev–Trinajstić information content (AvgIpc) is 2.53. The molecule has 0 saturated carbocycles. The summed E-state index contributed by atoms with van der Waals surface area (Å²) < 4.78 is 5.47. The van der Waals surface area contributed by atoms with Gasteiger partial charge in [-0.3, -0.25) is 4.79 Å². The number of hydrogen-bond acceptors (Lipinski definition) is 5. The summed E-state index contributed by atoms with van der Waals surface area (Å²) in [4.78, 5) is 26.5. The Bertz CT molecular complexity index is 748. The molecule has 0 bridgehead atoms. The number of pyridine rings is 1. The highest BCUT2D eigenvalue weighted by molar-refractivity contribution is 5.99. The number of nitrogens with zero attached hydrogens (tertiary/aromatic N) is 2. The molecular weight excluding hydrogens is 308 g/mol. The molecule has 0 aliphatic heterocycles. The summed E-state index contributed by atoms with van der Waals surface area (Å²) in [6.45, 7) is 7.85. The average molecular weight is 328 g/mol. The van der Waals surface area contributed by atoms with E-state index < -0.39 is 16.8 Å². The van der Waals surface area contributed by atoms with Crippen LogP contribution in [0.4, 0.5) is 5.82 Å². The molecule has 1 aromatic heterocycles. The first-order chi connectivity index (χ1) is 11.2.